The molecular formula is C22H25F2N3O4. The van der Waals surface area contributed by atoms with E-state index in [1.54, 1.807) is 12.0 Å². The lowest BCUT2D eigenvalue weighted by Crippen LogP contribution is -2.72. The average Bonchev–Trinajstić information content (AvgIpc) is 3.03. The molecule has 2 aliphatic heterocycles. The maximum atomic E-state index is 13.3. The summed E-state index contributed by atoms with van der Waals surface area (Å²) in [5.74, 6) is 0.274. The quantitative estimate of drug-likeness (QED) is 0.626. The fourth-order valence-electron chi connectivity index (χ4n) is 7.91. The zero-order chi connectivity index (χ0) is 21.8. The monoisotopic (exact) mass is 433 g/mol. The number of benzene rings is 1. The smallest absolute Gasteiger partial charge is 0.322 e. The zero-order valence-corrected chi connectivity index (χ0v) is 17.2. The number of amides is 3. The molecule has 166 valence electrons. The van der Waals surface area contributed by atoms with Gasteiger partial charge in [-0.3, -0.25) is 15.0 Å². The fourth-order valence-corrected chi connectivity index (χ4v) is 7.91. The van der Waals surface area contributed by atoms with Crippen molar-refractivity contribution in [2.24, 2.45) is 5.41 Å². The first-order valence-electron chi connectivity index (χ1n) is 10.7. The number of carbonyl (C=O) groups excluding carboxylic acids is 2. The van der Waals surface area contributed by atoms with Crippen molar-refractivity contribution in [1.29, 1.82) is 0 Å². The molecular weight excluding hydrogens is 408 g/mol. The van der Waals surface area contributed by atoms with E-state index in [0.717, 1.165) is 11.1 Å². The highest BCUT2D eigenvalue weighted by Crippen LogP contribution is 2.72. The number of nitrogens with zero attached hydrogens (tertiary/aromatic N) is 1. The van der Waals surface area contributed by atoms with E-state index in [-0.39, 0.29) is 37.1 Å². The standard InChI is InChI=1S/C22H25F2N3O4/c1-31-13-3-2-12-7-19-9-20(14(12)6-13)10-21(17(28)25-18(29)26-21)4-5-22(20,30)16(19)27(11-19)8-15(23)24/h2-3,6,15-16,30H,4-5,7-11H2,1H3,(H2,25,26,28,29)/t16-,19?,20-,21+,22-/m1/s1. The molecule has 3 aliphatic carbocycles. The van der Waals surface area contributed by atoms with Crippen molar-refractivity contribution < 1.29 is 28.2 Å². The van der Waals surface area contributed by atoms with Gasteiger partial charge in [-0.25, -0.2) is 13.6 Å². The van der Waals surface area contributed by atoms with E-state index in [4.69, 9.17) is 4.74 Å². The molecule has 1 aromatic rings. The molecule has 5 atom stereocenters. The molecule has 3 N–H and O–H groups in total. The van der Waals surface area contributed by atoms with Gasteiger partial charge >= 0.3 is 6.03 Å². The van der Waals surface area contributed by atoms with Gasteiger partial charge in [0.05, 0.1) is 19.3 Å². The topological polar surface area (TPSA) is 90.9 Å². The predicted molar refractivity (Wildman–Crippen MR) is 105 cm³/mol. The molecule has 31 heavy (non-hydrogen) atoms. The second kappa shape index (κ2) is 5.75. The number of rotatable bonds is 3. The Balaban J connectivity index is 1.53. The Morgan fingerprint density at radius 1 is 1.29 bits per heavy atom. The van der Waals surface area contributed by atoms with Gasteiger partial charge in [0.2, 0.25) is 0 Å². The van der Waals surface area contributed by atoms with Crippen LogP contribution in [0.5, 0.6) is 5.75 Å². The molecule has 1 aromatic carbocycles. The van der Waals surface area contributed by atoms with E-state index in [1.165, 1.54) is 0 Å². The van der Waals surface area contributed by atoms with E-state index in [1.807, 2.05) is 18.2 Å². The van der Waals surface area contributed by atoms with Gasteiger partial charge in [0, 0.05) is 23.4 Å². The molecule has 1 unspecified atom stereocenters. The van der Waals surface area contributed by atoms with Crippen LogP contribution >= 0.6 is 0 Å². The second-order valence-corrected chi connectivity index (χ2v) is 10.1. The minimum absolute atomic E-state index is 0.245. The number of alkyl halides is 2. The highest BCUT2D eigenvalue weighted by atomic mass is 19.3. The third-order valence-electron chi connectivity index (χ3n) is 8.70. The number of hydrogen-bond acceptors (Lipinski definition) is 5. The number of carbonyl (C=O) groups is 2. The van der Waals surface area contributed by atoms with Crippen molar-refractivity contribution in [3.05, 3.63) is 29.3 Å². The number of imide groups is 1. The van der Waals surface area contributed by atoms with Gasteiger partial charge in [-0.2, -0.15) is 0 Å². The largest absolute Gasteiger partial charge is 0.497 e. The molecule has 4 fully saturated rings. The lowest BCUT2D eigenvalue weighted by molar-refractivity contribution is -0.171. The minimum Gasteiger partial charge on any atom is -0.497 e. The normalized spacial score (nSPS) is 42.5. The van der Waals surface area contributed by atoms with E-state index < -0.39 is 35.1 Å². The van der Waals surface area contributed by atoms with E-state index >= 15 is 0 Å². The van der Waals surface area contributed by atoms with Crippen LogP contribution in [-0.4, -0.2) is 65.8 Å². The number of nitrogens with one attached hydrogen (secondary N) is 2. The summed E-state index contributed by atoms with van der Waals surface area (Å²) >= 11 is 0. The Morgan fingerprint density at radius 3 is 2.77 bits per heavy atom. The Kier molecular flexibility index (Phi) is 3.60. The second-order valence-electron chi connectivity index (χ2n) is 10.1. The molecule has 3 amide bonds. The first-order chi connectivity index (χ1) is 14.7. The van der Waals surface area contributed by atoms with Crippen LogP contribution in [0.25, 0.3) is 0 Å². The van der Waals surface area contributed by atoms with Crippen LogP contribution in [0.3, 0.4) is 0 Å². The highest BCUT2D eigenvalue weighted by molar-refractivity contribution is 6.07. The molecule has 2 bridgehead atoms. The third-order valence-corrected chi connectivity index (χ3v) is 8.70. The summed E-state index contributed by atoms with van der Waals surface area (Å²) in [5.41, 5.74) is -1.53. The Hall–Kier alpha value is -2.26. The third kappa shape index (κ3) is 2.18. The summed E-state index contributed by atoms with van der Waals surface area (Å²) in [7, 11) is 1.58. The van der Waals surface area contributed by atoms with Crippen LogP contribution < -0.4 is 15.4 Å². The van der Waals surface area contributed by atoms with Gasteiger partial charge < -0.3 is 15.2 Å². The van der Waals surface area contributed by atoms with Crippen LogP contribution in [0.15, 0.2) is 18.2 Å². The van der Waals surface area contributed by atoms with Crippen LogP contribution in [0.1, 0.15) is 36.8 Å². The van der Waals surface area contributed by atoms with E-state index in [2.05, 4.69) is 10.6 Å². The molecule has 3 spiro atoms. The summed E-state index contributed by atoms with van der Waals surface area (Å²) in [5, 5.41) is 17.4. The summed E-state index contributed by atoms with van der Waals surface area (Å²) < 4.78 is 32.1. The number of fused-ring (bicyclic) bond motifs is 2. The van der Waals surface area contributed by atoms with Gasteiger partial charge in [0.25, 0.3) is 12.3 Å². The number of likely N-dealkylation sites (tertiary alicyclic amines) is 1. The summed E-state index contributed by atoms with van der Waals surface area (Å²) in [4.78, 5) is 26.6. The molecule has 0 aromatic heterocycles. The SMILES string of the molecule is COc1ccc2c(c1)[C@]13CC4(C2)CN(CC(F)F)[C@H]4[C@]1(O)CC[C@@]1(C3)NC(=O)NC1=O. The van der Waals surface area contributed by atoms with Gasteiger partial charge in [-0.1, -0.05) is 6.07 Å². The van der Waals surface area contributed by atoms with Gasteiger partial charge in [0.1, 0.15) is 11.3 Å². The maximum Gasteiger partial charge on any atom is 0.322 e. The molecule has 2 heterocycles. The molecule has 2 saturated heterocycles. The van der Waals surface area contributed by atoms with Crippen molar-refractivity contribution in [2.45, 2.75) is 61.1 Å². The molecule has 7 nitrogen and oxygen atoms in total. The first kappa shape index (κ1) is 19.4. The fraction of sp³-hybridized carbons (Fsp3) is 0.636. The maximum absolute atomic E-state index is 13.3. The summed E-state index contributed by atoms with van der Waals surface area (Å²) in [6, 6.07) is 4.87. The van der Waals surface area contributed by atoms with Crippen molar-refractivity contribution in [2.75, 3.05) is 20.2 Å². The van der Waals surface area contributed by atoms with Crippen LogP contribution in [0, 0.1) is 5.41 Å². The molecule has 0 radical (unpaired) electrons. The molecule has 5 aliphatic rings. The van der Waals surface area contributed by atoms with Crippen molar-refractivity contribution in [1.82, 2.24) is 15.5 Å². The lowest BCUT2D eigenvalue weighted by atomic mass is 9.54. The van der Waals surface area contributed by atoms with E-state index in [9.17, 15) is 23.5 Å². The number of urea groups is 1. The first-order valence-corrected chi connectivity index (χ1v) is 10.7. The van der Waals surface area contributed by atoms with Gasteiger partial charge in [-0.05, 0) is 55.4 Å². The van der Waals surface area contributed by atoms with Crippen LogP contribution in [0.4, 0.5) is 13.6 Å². The molecule has 2 saturated carbocycles. The highest BCUT2D eigenvalue weighted by Gasteiger charge is 2.80. The number of methoxy groups -OCH3 is 1. The number of hydrogen-bond donors (Lipinski definition) is 3. The van der Waals surface area contributed by atoms with Crippen LogP contribution in [-0.2, 0) is 16.6 Å². The summed E-state index contributed by atoms with van der Waals surface area (Å²) in [6.07, 6.45) is -0.400. The Labute approximate surface area is 178 Å². The Bertz CT molecular complexity index is 1020. The van der Waals surface area contributed by atoms with Crippen molar-refractivity contribution in [3.63, 3.8) is 0 Å². The number of ether oxygens (including phenoxy) is 1. The zero-order valence-electron chi connectivity index (χ0n) is 17.2. The number of aliphatic hydroxyl groups is 1. The van der Waals surface area contributed by atoms with Gasteiger partial charge in [0.15, 0.2) is 0 Å². The Morgan fingerprint density at radius 2 is 2.10 bits per heavy atom. The van der Waals surface area contributed by atoms with Crippen LogP contribution in [0.2, 0.25) is 0 Å². The molecule has 6 rings (SSSR count). The summed E-state index contributed by atoms with van der Waals surface area (Å²) in [6.45, 7) is 0.135. The average molecular weight is 433 g/mol. The predicted octanol–water partition coefficient (Wildman–Crippen LogP) is 1.32. The van der Waals surface area contributed by atoms with Crippen molar-refractivity contribution >= 4 is 11.9 Å². The van der Waals surface area contributed by atoms with E-state index in [0.29, 0.717) is 25.1 Å². The molecule has 9 heteroatoms. The van der Waals surface area contributed by atoms with Crippen molar-refractivity contribution in [3.8, 4) is 5.75 Å². The number of halogens is 2. The minimum atomic E-state index is -2.48. The lowest BCUT2D eigenvalue weighted by Gasteiger charge is -2.58. The van der Waals surface area contributed by atoms with Gasteiger partial charge in [-0.15, -0.1) is 0 Å².